The van der Waals surface area contributed by atoms with Gasteiger partial charge in [0.15, 0.2) is 6.29 Å². The summed E-state index contributed by atoms with van der Waals surface area (Å²) in [5.41, 5.74) is 0.414. The first kappa shape index (κ1) is 12.4. The monoisotopic (exact) mass is 277 g/mol. The number of methoxy groups -OCH3 is 2. The summed E-state index contributed by atoms with van der Waals surface area (Å²) in [7, 11) is 3.07. The molecule has 0 heterocycles. The molecule has 0 unspecified atom stereocenters. The fourth-order valence-corrected chi connectivity index (χ4v) is 1.60. The maximum absolute atomic E-state index is 13.3. The molecule has 3 nitrogen and oxygen atoms in total. The molecule has 0 spiro atoms. The Labute approximate surface area is 96.7 Å². The zero-order valence-corrected chi connectivity index (χ0v) is 10.2. The average molecular weight is 278 g/mol. The van der Waals surface area contributed by atoms with Crippen LogP contribution < -0.4 is 5.32 Å². The van der Waals surface area contributed by atoms with Crippen LogP contribution in [0.25, 0.3) is 0 Å². The minimum absolute atomic E-state index is 0.310. The third kappa shape index (κ3) is 3.44. The van der Waals surface area contributed by atoms with Crippen LogP contribution in [-0.2, 0) is 9.47 Å². The molecule has 0 aliphatic rings. The Morgan fingerprint density at radius 1 is 1.40 bits per heavy atom. The van der Waals surface area contributed by atoms with Gasteiger partial charge in [-0.2, -0.15) is 0 Å². The Balaban J connectivity index is 2.64. The molecule has 0 aliphatic heterocycles. The van der Waals surface area contributed by atoms with Crippen molar-refractivity contribution in [1.29, 1.82) is 0 Å². The van der Waals surface area contributed by atoms with Crippen molar-refractivity contribution in [2.45, 2.75) is 6.29 Å². The van der Waals surface area contributed by atoms with Gasteiger partial charge in [0.05, 0.1) is 12.2 Å². The molecule has 1 aromatic carbocycles. The quantitative estimate of drug-likeness (QED) is 0.840. The maximum atomic E-state index is 13.3. The lowest BCUT2D eigenvalue weighted by molar-refractivity contribution is -0.0914. The number of hydrogen-bond donors (Lipinski definition) is 1. The number of hydrogen-bond acceptors (Lipinski definition) is 3. The van der Waals surface area contributed by atoms with E-state index in [4.69, 9.17) is 9.47 Å². The van der Waals surface area contributed by atoms with Gasteiger partial charge in [-0.05, 0) is 28.1 Å². The molecule has 84 valence electrons. The van der Waals surface area contributed by atoms with Gasteiger partial charge in [-0.3, -0.25) is 0 Å². The van der Waals surface area contributed by atoms with E-state index in [0.717, 1.165) is 0 Å². The normalized spacial score (nSPS) is 10.7. The molecule has 0 aliphatic carbocycles. The molecule has 0 radical (unpaired) electrons. The number of anilines is 1. The molecule has 0 atom stereocenters. The Morgan fingerprint density at radius 3 is 2.60 bits per heavy atom. The van der Waals surface area contributed by atoms with Gasteiger partial charge in [-0.15, -0.1) is 0 Å². The van der Waals surface area contributed by atoms with E-state index in [2.05, 4.69) is 21.2 Å². The Morgan fingerprint density at radius 2 is 2.07 bits per heavy atom. The van der Waals surface area contributed by atoms with Crippen molar-refractivity contribution in [3.8, 4) is 0 Å². The summed E-state index contributed by atoms with van der Waals surface area (Å²) in [6.07, 6.45) is -0.392. The summed E-state index contributed by atoms with van der Waals surface area (Å²) in [5.74, 6) is -0.310. The van der Waals surface area contributed by atoms with Crippen LogP contribution >= 0.6 is 15.9 Å². The van der Waals surface area contributed by atoms with Gasteiger partial charge >= 0.3 is 0 Å². The van der Waals surface area contributed by atoms with Crippen LogP contribution in [0.2, 0.25) is 0 Å². The minimum Gasteiger partial charge on any atom is -0.377 e. The SMILES string of the molecule is COC(CNc1c(F)cccc1Br)OC. The van der Waals surface area contributed by atoms with Crippen LogP contribution in [0, 0.1) is 5.82 Å². The van der Waals surface area contributed by atoms with Gasteiger partial charge in [0.2, 0.25) is 0 Å². The van der Waals surface area contributed by atoms with Crippen molar-refractivity contribution < 1.29 is 13.9 Å². The number of rotatable bonds is 5. The van der Waals surface area contributed by atoms with Crippen LogP contribution in [0.5, 0.6) is 0 Å². The Kier molecular flexibility index (Phi) is 5.01. The molecule has 0 fully saturated rings. The van der Waals surface area contributed by atoms with Crippen LogP contribution in [-0.4, -0.2) is 27.1 Å². The fourth-order valence-electron chi connectivity index (χ4n) is 1.11. The van der Waals surface area contributed by atoms with Crippen molar-refractivity contribution >= 4 is 21.6 Å². The molecule has 0 saturated carbocycles. The predicted octanol–water partition coefficient (Wildman–Crippen LogP) is 2.62. The number of halogens is 2. The highest BCUT2D eigenvalue weighted by atomic mass is 79.9. The molecule has 0 amide bonds. The van der Waals surface area contributed by atoms with E-state index in [0.29, 0.717) is 16.7 Å². The molecule has 1 N–H and O–H groups in total. The van der Waals surface area contributed by atoms with Gasteiger partial charge in [0.25, 0.3) is 0 Å². The standard InChI is InChI=1S/C10H13BrFNO2/c1-14-9(15-2)6-13-10-7(11)4-3-5-8(10)12/h3-5,9,13H,6H2,1-2H3. The summed E-state index contributed by atoms with van der Waals surface area (Å²) in [5, 5.41) is 2.91. The summed E-state index contributed by atoms with van der Waals surface area (Å²) < 4.78 is 24.0. The molecule has 1 aromatic rings. The molecule has 0 aromatic heterocycles. The summed E-state index contributed by atoms with van der Waals surface area (Å²) in [6, 6.07) is 4.79. The van der Waals surface area contributed by atoms with Crippen molar-refractivity contribution in [3.63, 3.8) is 0 Å². The van der Waals surface area contributed by atoms with E-state index in [-0.39, 0.29) is 5.82 Å². The van der Waals surface area contributed by atoms with E-state index in [1.807, 2.05) is 0 Å². The fraction of sp³-hybridized carbons (Fsp3) is 0.400. The van der Waals surface area contributed by atoms with Crippen molar-refractivity contribution in [1.82, 2.24) is 0 Å². The second-order valence-corrected chi connectivity index (χ2v) is 3.73. The van der Waals surface area contributed by atoms with Gasteiger partial charge in [-0.25, -0.2) is 4.39 Å². The molecule has 0 bridgehead atoms. The van der Waals surface area contributed by atoms with Gasteiger partial charge in [0.1, 0.15) is 5.82 Å². The van der Waals surface area contributed by atoms with Gasteiger partial charge in [0, 0.05) is 18.7 Å². The zero-order valence-electron chi connectivity index (χ0n) is 8.59. The van der Waals surface area contributed by atoms with Crippen LogP contribution in [0.4, 0.5) is 10.1 Å². The topological polar surface area (TPSA) is 30.5 Å². The van der Waals surface area contributed by atoms with Crippen molar-refractivity contribution in [2.75, 3.05) is 26.1 Å². The molecule has 5 heteroatoms. The van der Waals surface area contributed by atoms with Crippen molar-refractivity contribution in [2.24, 2.45) is 0 Å². The first-order valence-electron chi connectivity index (χ1n) is 4.42. The predicted molar refractivity (Wildman–Crippen MR) is 60.4 cm³/mol. The molecule has 1 rings (SSSR count). The Bertz CT molecular complexity index is 298. The lowest BCUT2D eigenvalue weighted by atomic mass is 10.3. The molecular formula is C10H13BrFNO2. The molecule has 15 heavy (non-hydrogen) atoms. The van der Waals surface area contributed by atoms with E-state index < -0.39 is 6.29 Å². The van der Waals surface area contributed by atoms with Crippen molar-refractivity contribution in [3.05, 3.63) is 28.5 Å². The highest BCUT2D eigenvalue weighted by Gasteiger charge is 2.09. The maximum Gasteiger partial charge on any atom is 0.173 e. The Hall–Kier alpha value is -0.650. The average Bonchev–Trinajstić information content (AvgIpc) is 2.23. The molecule has 0 saturated heterocycles. The van der Waals surface area contributed by atoms with E-state index in [9.17, 15) is 4.39 Å². The van der Waals surface area contributed by atoms with E-state index in [1.165, 1.54) is 20.3 Å². The summed E-state index contributed by atoms with van der Waals surface area (Å²) in [6.45, 7) is 0.381. The number of nitrogens with one attached hydrogen (secondary N) is 1. The van der Waals surface area contributed by atoms with E-state index in [1.54, 1.807) is 12.1 Å². The third-order valence-electron chi connectivity index (χ3n) is 1.93. The highest BCUT2D eigenvalue weighted by molar-refractivity contribution is 9.10. The summed E-state index contributed by atoms with van der Waals surface area (Å²) in [4.78, 5) is 0. The zero-order chi connectivity index (χ0) is 11.3. The summed E-state index contributed by atoms with van der Waals surface area (Å²) >= 11 is 3.26. The first-order chi connectivity index (χ1) is 7.19. The lowest BCUT2D eigenvalue weighted by Gasteiger charge is -2.16. The van der Waals surface area contributed by atoms with Gasteiger partial charge < -0.3 is 14.8 Å². The smallest absolute Gasteiger partial charge is 0.173 e. The van der Waals surface area contributed by atoms with E-state index >= 15 is 0 Å². The number of ether oxygens (including phenoxy) is 2. The molecular weight excluding hydrogens is 265 g/mol. The highest BCUT2D eigenvalue weighted by Crippen LogP contribution is 2.24. The van der Waals surface area contributed by atoms with Crippen LogP contribution in [0.15, 0.2) is 22.7 Å². The number of para-hydroxylation sites is 1. The lowest BCUT2D eigenvalue weighted by Crippen LogP contribution is -2.24. The second kappa shape index (κ2) is 6.05. The third-order valence-corrected chi connectivity index (χ3v) is 2.59. The van der Waals surface area contributed by atoms with Crippen LogP contribution in [0.1, 0.15) is 0 Å². The first-order valence-corrected chi connectivity index (χ1v) is 5.21. The number of benzene rings is 1. The minimum atomic E-state index is -0.392. The van der Waals surface area contributed by atoms with Crippen LogP contribution in [0.3, 0.4) is 0 Å². The van der Waals surface area contributed by atoms with Gasteiger partial charge in [-0.1, -0.05) is 6.07 Å². The largest absolute Gasteiger partial charge is 0.377 e. The second-order valence-electron chi connectivity index (χ2n) is 2.88.